The van der Waals surface area contributed by atoms with Crippen LogP contribution in [0.5, 0.6) is 0 Å². The molecule has 0 aliphatic heterocycles. The largest absolute Gasteiger partial charge is 0.379 e. The van der Waals surface area contributed by atoms with Crippen molar-refractivity contribution in [1.29, 1.82) is 0 Å². The molecule has 5 nitrogen and oxygen atoms in total. The Bertz CT molecular complexity index is 733. The van der Waals surface area contributed by atoms with E-state index in [0.29, 0.717) is 11.5 Å². The number of carbonyl (C=O) groups is 1. The molecule has 1 heterocycles. The number of carbonyl (C=O) groups excluding carboxylic acids is 1. The molecular weight excluding hydrogens is 375 g/mol. The predicted octanol–water partition coefficient (Wildman–Crippen LogP) is 3.64. The number of rotatable bonds is 6. The van der Waals surface area contributed by atoms with Crippen LogP contribution in [0.25, 0.3) is 0 Å². The number of alkyl halides is 3. The molecule has 1 aliphatic rings. The number of allylic oxidation sites excluding steroid dienone is 3. The smallest absolute Gasteiger partial charge is 0.282 e. The Balaban J connectivity index is 2.50. The monoisotopic (exact) mass is 393 g/mol. The molecule has 1 aromatic rings. The number of ether oxygens (including phenoxy) is 1. The maximum absolute atomic E-state index is 13.2. The molecule has 1 aliphatic carbocycles. The molecule has 0 radical (unpaired) electrons. The number of halogens is 4. The normalized spacial score (nSPS) is 22.8. The zero-order chi connectivity index (χ0) is 18.9. The summed E-state index contributed by atoms with van der Waals surface area (Å²) in [6, 6.07) is 0. The number of hydrogen-bond donors (Lipinski definition) is 1. The van der Waals surface area contributed by atoms with Crippen molar-refractivity contribution in [2.24, 2.45) is 12.8 Å². The predicted molar refractivity (Wildman–Crippen MR) is 92.2 cm³/mol. The topological polar surface area (TPSA) is 70.1 Å². The first kappa shape index (κ1) is 19.9. The summed E-state index contributed by atoms with van der Waals surface area (Å²) >= 11 is 12.6. The number of methoxy groups -OCH3 is 1. The Morgan fingerprint density at radius 3 is 2.60 bits per heavy atom. The molecule has 25 heavy (non-hydrogen) atoms. The molecule has 0 aromatic carbocycles. The van der Waals surface area contributed by atoms with Gasteiger partial charge in [-0.1, -0.05) is 30.7 Å². The van der Waals surface area contributed by atoms with Crippen molar-refractivity contribution in [3.63, 3.8) is 0 Å². The fraction of sp³-hybridized carbons (Fsp3) is 0.500. The SMILES string of the molecule is COC(C(C)c1c(C(N)=O)c(C(F)F)nn1C)C1(Cl)C=CC(Cl)=CC1. The van der Waals surface area contributed by atoms with Gasteiger partial charge in [-0.3, -0.25) is 9.48 Å². The summed E-state index contributed by atoms with van der Waals surface area (Å²) in [7, 11) is 2.94. The van der Waals surface area contributed by atoms with Crippen molar-refractivity contribution < 1.29 is 18.3 Å². The van der Waals surface area contributed by atoms with E-state index in [1.54, 1.807) is 25.2 Å². The first-order valence-electron chi connectivity index (χ1n) is 7.53. The van der Waals surface area contributed by atoms with Crippen LogP contribution in [0.1, 0.15) is 47.4 Å². The second-order valence-electron chi connectivity index (χ2n) is 5.93. The Kier molecular flexibility index (Phi) is 5.91. The fourth-order valence-corrected chi connectivity index (χ4v) is 3.82. The number of amides is 1. The van der Waals surface area contributed by atoms with Crippen LogP contribution in [0.3, 0.4) is 0 Å². The Labute approximate surface area is 154 Å². The van der Waals surface area contributed by atoms with Gasteiger partial charge < -0.3 is 10.5 Å². The van der Waals surface area contributed by atoms with Gasteiger partial charge in [0.2, 0.25) is 0 Å². The number of hydrogen-bond acceptors (Lipinski definition) is 3. The molecular formula is C16H19Cl2F2N3O2. The number of nitrogens with two attached hydrogens (primary N) is 1. The van der Waals surface area contributed by atoms with Crippen LogP contribution >= 0.6 is 23.2 Å². The second kappa shape index (κ2) is 7.43. The standard InChI is InChI=1S/C16H19Cl2F2N3O2/c1-8(13(25-3)16(18)6-4-9(17)5-7-16)12-10(15(21)24)11(14(19)20)22-23(12)2/h4-6,8,13-14H,7H2,1-3H3,(H2,21,24). The van der Waals surface area contributed by atoms with E-state index in [1.807, 2.05) is 0 Å². The number of nitrogens with zero attached hydrogens (tertiary/aromatic N) is 2. The molecule has 2 rings (SSSR count). The van der Waals surface area contributed by atoms with E-state index in [9.17, 15) is 13.6 Å². The van der Waals surface area contributed by atoms with E-state index >= 15 is 0 Å². The summed E-state index contributed by atoms with van der Waals surface area (Å²) in [5.74, 6) is -1.50. The van der Waals surface area contributed by atoms with Gasteiger partial charge in [0.1, 0.15) is 5.69 Å². The molecule has 0 bridgehead atoms. The summed E-state index contributed by atoms with van der Waals surface area (Å²) in [5.41, 5.74) is 4.66. The van der Waals surface area contributed by atoms with Gasteiger partial charge in [-0.05, 0) is 12.5 Å². The van der Waals surface area contributed by atoms with Crippen LogP contribution in [0.2, 0.25) is 0 Å². The van der Waals surface area contributed by atoms with Gasteiger partial charge in [-0.2, -0.15) is 5.10 Å². The lowest BCUT2D eigenvalue weighted by molar-refractivity contribution is 0.0583. The molecule has 2 N–H and O–H groups in total. The highest BCUT2D eigenvalue weighted by molar-refractivity contribution is 6.32. The first-order valence-corrected chi connectivity index (χ1v) is 8.29. The van der Waals surface area contributed by atoms with E-state index in [2.05, 4.69) is 5.10 Å². The second-order valence-corrected chi connectivity index (χ2v) is 7.07. The van der Waals surface area contributed by atoms with Gasteiger partial charge in [0.15, 0.2) is 0 Å². The minimum Gasteiger partial charge on any atom is -0.379 e. The van der Waals surface area contributed by atoms with Gasteiger partial charge in [-0.15, -0.1) is 11.6 Å². The van der Waals surface area contributed by atoms with Gasteiger partial charge >= 0.3 is 0 Å². The van der Waals surface area contributed by atoms with Crippen molar-refractivity contribution >= 4 is 29.1 Å². The highest BCUT2D eigenvalue weighted by Crippen LogP contribution is 2.41. The zero-order valence-electron chi connectivity index (χ0n) is 14.0. The third-order valence-corrected chi connectivity index (χ3v) is 5.09. The minimum absolute atomic E-state index is 0.253. The van der Waals surface area contributed by atoms with Crippen molar-refractivity contribution in [2.45, 2.75) is 36.7 Å². The fourth-order valence-electron chi connectivity index (χ4n) is 3.26. The third kappa shape index (κ3) is 3.73. The van der Waals surface area contributed by atoms with Crippen LogP contribution in [0.4, 0.5) is 8.78 Å². The van der Waals surface area contributed by atoms with Gasteiger partial charge in [0.05, 0.1) is 22.2 Å². The Hall–Kier alpha value is -1.44. The average Bonchev–Trinajstić information content (AvgIpc) is 2.89. The molecule has 0 fully saturated rings. The van der Waals surface area contributed by atoms with Gasteiger partial charge in [-0.25, -0.2) is 8.78 Å². The van der Waals surface area contributed by atoms with E-state index in [1.165, 1.54) is 18.8 Å². The molecule has 0 saturated heterocycles. The van der Waals surface area contributed by atoms with Gasteiger partial charge in [0, 0.05) is 25.1 Å². The summed E-state index contributed by atoms with van der Waals surface area (Å²) in [5, 5.41) is 4.32. The lowest BCUT2D eigenvalue weighted by Crippen LogP contribution is -2.41. The average molecular weight is 394 g/mol. The quantitative estimate of drug-likeness (QED) is 0.749. The molecule has 138 valence electrons. The van der Waals surface area contributed by atoms with Crippen LogP contribution in [-0.4, -0.2) is 33.8 Å². The van der Waals surface area contributed by atoms with Crippen LogP contribution < -0.4 is 5.73 Å². The summed E-state index contributed by atoms with van der Waals surface area (Å²) in [6.45, 7) is 1.73. The van der Waals surface area contributed by atoms with E-state index in [0.717, 1.165) is 0 Å². The third-order valence-electron chi connectivity index (χ3n) is 4.31. The molecule has 1 amide bonds. The molecule has 3 atom stereocenters. The van der Waals surface area contributed by atoms with Crippen molar-refractivity contribution in [2.75, 3.05) is 7.11 Å². The number of primary amides is 1. The van der Waals surface area contributed by atoms with E-state index in [-0.39, 0.29) is 11.3 Å². The Morgan fingerprint density at radius 1 is 1.52 bits per heavy atom. The van der Waals surface area contributed by atoms with Gasteiger partial charge in [0.25, 0.3) is 12.3 Å². The molecule has 3 unspecified atom stereocenters. The summed E-state index contributed by atoms with van der Waals surface area (Å²) in [4.78, 5) is 10.8. The Morgan fingerprint density at radius 2 is 2.16 bits per heavy atom. The molecule has 0 saturated carbocycles. The molecule has 1 aromatic heterocycles. The van der Waals surface area contributed by atoms with E-state index < -0.39 is 34.9 Å². The highest BCUT2D eigenvalue weighted by atomic mass is 35.5. The first-order chi connectivity index (χ1) is 11.6. The van der Waals surface area contributed by atoms with Crippen LogP contribution in [0, 0.1) is 0 Å². The zero-order valence-corrected chi connectivity index (χ0v) is 15.5. The summed E-state index contributed by atoms with van der Waals surface area (Å²) in [6.07, 6.45) is 1.94. The lowest BCUT2D eigenvalue weighted by Gasteiger charge is -2.36. The lowest BCUT2D eigenvalue weighted by atomic mass is 9.83. The maximum Gasteiger partial charge on any atom is 0.282 e. The highest BCUT2D eigenvalue weighted by Gasteiger charge is 2.42. The van der Waals surface area contributed by atoms with E-state index in [4.69, 9.17) is 33.7 Å². The number of aryl methyl sites for hydroxylation is 1. The number of aromatic nitrogens is 2. The molecule has 0 spiro atoms. The van der Waals surface area contributed by atoms with Crippen molar-refractivity contribution in [1.82, 2.24) is 9.78 Å². The molecule has 9 heteroatoms. The van der Waals surface area contributed by atoms with Crippen molar-refractivity contribution in [3.8, 4) is 0 Å². The summed E-state index contributed by atoms with van der Waals surface area (Å²) < 4.78 is 33.2. The van der Waals surface area contributed by atoms with Crippen LogP contribution in [-0.2, 0) is 11.8 Å². The van der Waals surface area contributed by atoms with Crippen molar-refractivity contribution in [3.05, 3.63) is 40.2 Å². The maximum atomic E-state index is 13.2. The minimum atomic E-state index is -2.92. The van der Waals surface area contributed by atoms with Crippen LogP contribution in [0.15, 0.2) is 23.3 Å².